The molecule has 3 rings (SSSR count). The maximum atomic E-state index is 13.7. The summed E-state index contributed by atoms with van der Waals surface area (Å²) in [5.41, 5.74) is 0.271. The molecule has 33 heavy (non-hydrogen) atoms. The number of hydrogen-bond acceptors (Lipinski definition) is 6. The second-order valence-corrected chi connectivity index (χ2v) is 10.5. The summed E-state index contributed by atoms with van der Waals surface area (Å²) in [6.07, 6.45) is -1.37. The molecule has 1 heterocycles. The van der Waals surface area contributed by atoms with Crippen LogP contribution in [0.2, 0.25) is 0 Å². The van der Waals surface area contributed by atoms with Crippen molar-refractivity contribution in [3.8, 4) is 0 Å². The maximum absolute atomic E-state index is 13.7. The van der Waals surface area contributed by atoms with Crippen molar-refractivity contribution in [1.82, 2.24) is 10.2 Å². The number of carbonyl (C=O) groups is 3. The zero-order valence-electron chi connectivity index (χ0n) is 20.6. The molecule has 0 aromatic heterocycles. The number of alkyl carbamates (subject to hydrolysis) is 1. The third-order valence-electron chi connectivity index (χ3n) is 6.70. The Hall–Kier alpha value is -2.61. The molecular weight excluding hydrogens is 424 g/mol. The normalized spacial score (nSPS) is 24.9. The van der Waals surface area contributed by atoms with Crippen LogP contribution in [0.1, 0.15) is 47.1 Å². The molecule has 1 aliphatic carbocycles. The zero-order chi connectivity index (χ0) is 24.6. The predicted molar refractivity (Wildman–Crippen MR) is 122 cm³/mol. The van der Waals surface area contributed by atoms with Gasteiger partial charge in [-0.15, -0.1) is 0 Å². The fraction of sp³-hybridized carbons (Fsp3) is 0.640. The van der Waals surface area contributed by atoms with Crippen molar-refractivity contribution >= 4 is 18.0 Å². The molecule has 0 spiro atoms. The summed E-state index contributed by atoms with van der Waals surface area (Å²) in [6.45, 7) is 12.1. The number of methoxy groups -OCH3 is 1. The van der Waals surface area contributed by atoms with Crippen LogP contribution in [0.3, 0.4) is 0 Å². The minimum Gasteiger partial charge on any atom is -0.467 e. The van der Waals surface area contributed by atoms with Gasteiger partial charge in [-0.2, -0.15) is 0 Å². The van der Waals surface area contributed by atoms with Crippen LogP contribution in [0.4, 0.5) is 4.79 Å². The summed E-state index contributed by atoms with van der Waals surface area (Å²) in [7, 11) is 1.33. The minimum absolute atomic E-state index is 0.0271. The van der Waals surface area contributed by atoms with Gasteiger partial charge in [-0.25, -0.2) is 9.59 Å². The van der Waals surface area contributed by atoms with E-state index in [9.17, 15) is 14.4 Å². The minimum atomic E-state index is -1.01. The van der Waals surface area contributed by atoms with E-state index < -0.39 is 35.9 Å². The standard InChI is InChI=1S/C25H36N2O6/c1-15(33-24(2,3)4)19(26-23(30)32-14-16-11-9-8-10-12-16)21(28)27-13-17-18(25(17,5)6)20(27)22(29)31-7/h8-12,15,17-20H,13-14H2,1-7H3,(H,26,30)/t15-,17+,18+,19+,20+/m1/s1. The molecular formula is C25H36N2O6. The number of nitrogens with zero attached hydrogens (tertiary/aromatic N) is 1. The monoisotopic (exact) mass is 460 g/mol. The van der Waals surface area contributed by atoms with Gasteiger partial charge in [0.15, 0.2) is 0 Å². The Kier molecular flexibility index (Phi) is 7.07. The van der Waals surface area contributed by atoms with Crippen LogP contribution in [0.5, 0.6) is 0 Å². The third-order valence-corrected chi connectivity index (χ3v) is 6.70. The zero-order valence-corrected chi connectivity index (χ0v) is 20.6. The average molecular weight is 461 g/mol. The average Bonchev–Trinajstić information content (AvgIpc) is 3.09. The molecule has 1 aliphatic heterocycles. The molecule has 1 aromatic rings. The fourth-order valence-electron chi connectivity index (χ4n) is 4.98. The molecule has 1 aromatic carbocycles. The van der Waals surface area contributed by atoms with E-state index in [4.69, 9.17) is 14.2 Å². The highest BCUT2D eigenvalue weighted by molar-refractivity contribution is 5.91. The van der Waals surface area contributed by atoms with E-state index in [1.54, 1.807) is 6.92 Å². The Morgan fingerprint density at radius 2 is 1.82 bits per heavy atom. The summed E-state index contributed by atoms with van der Waals surface area (Å²) >= 11 is 0. The second-order valence-electron chi connectivity index (χ2n) is 10.5. The van der Waals surface area contributed by atoms with E-state index in [0.717, 1.165) is 5.56 Å². The molecule has 2 fully saturated rings. The Bertz CT molecular complexity index is 879. The van der Waals surface area contributed by atoms with E-state index in [-0.39, 0.29) is 29.8 Å². The van der Waals surface area contributed by atoms with Gasteiger partial charge in [0.1, 0.15) is 18.7 Å². The van der Waals surface area contributed by atoms with Crippen LogP contribution in [-0.2, 0) is 30.4 Å². The van der Waals surface area contributed by atoms with Crippen molar-refractivity contribution in [3.63, 3.8) is 0 Å². The number of benzene rings is 1. The summed E-state index contributed by atoms with van der Waals surface area (Å²) in [5, 5.41) is 2.68. The Morgan fingerprint density at radius 3 is 2.39 bits per heavy atom. The third kappa shape index (κ3) is 5.49. The first kappa shape index (κ1) is 25.0. The number of likely N-dealkylation sites (tertiary alicyclic amines) is 1. The fourth-order valence-corrected chi connectivity index (χ4v) is 4.98. The molecule has 0 unspecified atom stereocenters. The van der Waals surface area contributed by atoms with Gasteiger partial charge in [-0.05, 0) is 44.6 Å². The summed E-state index contributed by atoms with van der Waals surface area (Å²) in [4.78, 5) is 40.4. The largest absolute Gasteiger partial charge is 0.467 e. The molecule has 0 bridgehead atoms. The second kappa shape index (κ2) is 9.33. The molecule has 8 nitrogen and oxygen atoms in total. The Balaban J connectivity index is 1.76. The van der Waals surface area contributed by atoms with Gasteiger partial charge in [0, 0.05) is 12.5 Å². The predicted octanol–water partition coefficient (Wildman–Crippen LogP) is 3.14. The van der Waals surface area contributed by atoms with Gasteiger partial charge >= 0.3 is 12.1 Å². The first-order valence-electron chi connectivity index (χ1n) is 11.4. The smallest absolute Gasteiger partial charge is 0.408 e. The van der Waals surface area contributed by atoms with Crippen molar-refractivity contribution in [2.24, 2.45) is 17.3 Å². The SMILES string of the molecule is COC(=O)[C@@H]1[C@@H]2[C@H](CN1C(=O)[C@@H](NC(=O)OCc1ccccc1)[C@@H](C)OC(C)(C)C)C2(C)C. The van der Waals surface area contributed by atoms with Gasteiger partial charge in [0.05, 0.1) is 18.8 Å². The number of rotatable bonds is 7. The molecule has 1 N–H and O–H groups in total. The molecule has 0 radical (unpaired) electrons. The lowest BCUT2D eigenvalue weighted by molar-refractivity contribution is -0.156. The number of nitrogens with one attached hydrogen (secondary N) is 1. The van der Waals surface area contributed by atoms with Crippen LogP contribution in [-0.4, -0.2) is 60.3 Å². The van der Waals surface area contributed by atoms with Gasteiger partial charge in [-0.1, -0.05) is 44.2 Å². The van der Waals surface area contributed by atoms with Crippen LogP contribution in [0, 0.1) is 17.3 Å². The molecule has 2 aliphatic rings. The van der Waals surface area contributed by atoms with Crippen LogP contribution >= 0.6 is 0 Å². The first-order chi connectivity index (χ1) is 15.4. The number of fused-ring (bicyclic) bond motifs is 1. The quantitative estimate of drug-likeness (QED) is 0.629. The summed E-state index contributed by atoms with van der Waals surface area (Å²) < 4.78 is 16.4. The lowest BCUT2D eigenvalue weighted by atomic mass is 9.99. The van der Waals surface area contributed by atoms with E-state index >= 15 is 0 Å². The molecule has 1 saturated heterocycles. The Labute approximate surface area is 195 Å². The van der Waals surface area contributed by atoms with Crippen LogP contribution in [0.25, 0.3) is 0 Å². The summed E-state index contributed by atoms with van der Waals surface area (Å²) in [5.74, 6) is -0.550. The highest BCUT2D eigenvalue weighted by Crippen LogP contribution is 2.65. The highest BCUT2D eigenvalue weighted by atomic mass is 16.6. The van der Waals surface area contributed by atoms with Gasteiger partial charge in [-0.3, -0.25) is 4.79 Å². The number of hydrogen-bond donors (Lipinski definition) is 1. The van der Waals surface area contributed by atoms with Crippen molar-refractivity contribution in [1.29, 1.82) is 0 Å². The van der Waals surface area contributed by atoms with Crippen molar-refractivity contribution in [2.45, 2.75) is 71.9 Å². The van der Waals surface area contributed by atoms with E-state index in [1.807, 2.05) is 51.1 Å². The van der Waals surface area contributed by atoms with E-state index in [1.165, 1.54) is 12.0 Å². The molecule has 5 atom stereocenters. The lowest BCUT2D eigenvalue weighted by Crippen LogP contribution is -2.58. The van der Waals surface area contributed by atoms with E-state index in [2.05, 4.69) is 19.2 Å². The van der Waals surface area contributed by atoms with Gasteiger partial charge < -0.3 is 24.4 Å². The molecule has 182 valence electrons. The van der Waals surface area contributed by atoms with Gasteiger partial charge in [0.25, 0.3) is 0 Å². The van der Waals surface area contributed by atoms with Gasteiger partial charge in [0.2, 0.25) is 5.91 Å². The number of esters is 1. The Morgan fingerprint density at radius 1 is 1.18 bits per heavy atom. The number of piperidine rings is 1. The molecule has 1 saturated carbocycles. The van der Waals surface area contributed by atoms with E-state index in [0.29, 0.717) is 6.54 Å². The van der Waals surface area contributed by atoms with Crippen molar-refractivity contribution < 1.29 is 28.6 Å². The highest BCUT2D eigenvalue weighted by Gasteiger charge is 2.70. The number of amides is 2. The first-order valence-corrected chi connectivity index (χ1v) is 11.4. The number of carbonyl (C=O) groups excluding carboxylic acids is 3. The summed E-state index contributed by atoms with van der Waals surface area (Å²) in [6, 6.07) is 7.60. The topological polar surface area (TPSA) is 94.2 Å². The van der Waals surface area contributed by atoms with Crippen molar-refractivity contribution in [3.05, 3.63) is 35.9 Å². The molecule has 2 amide bonds. The van der Waals surface area contributed by atoms with Crippen LogP contribution < -0.4 is 5.32 Å². The maximum Gasteiger partial charge on any atom is 0.408 e. The molecule has 8 heteroatoms. The number of ether oxygens (including phenoxy) is 3. The van der Waals surface area contributed by atoms with Crippen molar-refractivity contribution in [2.75, 3.05) is 13.7 Å². The van der Waals surface area contributed by atoms with Crippen LogP contribution in [0.15, 0.2) is 30.3 Å². The lowest BCUT2D eigenvalue weighted by Gasteiger charge is -2.35.